The van der Waals surface area contributed by atoms with E-state index >= 15 is 0 Å². The van der Waals surface area contributed by atoms with Crippen molar-refractivity contribution in [2.45, 2.75) is 19.4 Å². The largest absolute Gasteiger partial charge is 0.486 e. The molecule has 5 nitrogen and oxygen atoms in total. The molecular weight excluding hydrogens is 268 g/mol. The third kappa shape index (κ3) is 3.09. The number of aliphatic hydroxyl groups excluding tert-OH is 1. The number of hydrogen-bond acceptors (Lipinski definition) is 5. The van der Waals surface area contributed by atoms with Crippen molar-refractivity contribution < 1.29 is 14.6 Å². The lowest BCUT2D eigenvalue weighted by Gasteiger charge is -2.27. The zero-order chi connectivity index (χ0) is 14.7. The molecule has 1 aromatic carbocycles. The normalized spacial score (nSPS) is 17.1. The van der Waals surface area contributed by atoms with Crippen molar-refractivity contribution in [3.63, 3.8) is 0 Å². The Labute approximate surface area is 123 Å². The molecule has 21 heavy (non-hydrogen) atoms. The van der Waals surface area contributed by atoms with Gasteiger partial charge in [-0.1, -0.05) is 0 Å². The van der Waals surface area contributed by atoms with Crippen LogP contribution in [0.2, 0.25) is 0 Å². The highest BCUT2D eigenvalue weighted by Crippen LogP contribution is 2.38. The van der Waals surface area contributed by atoms with Gasteiger partial charge in [-0.25, -0.2) is 0 Å². The first-order valence-electron chi connectivity index (χ1n) is 7.29. The molecule has 0 spiro atoms. The molecule has 0 amide bonds. The maximum atomic E-state index is 8.77. The molecule has 112 valence electrons. The molecule has 0 saturated heterocycles. The summed E-state index contributed by atoms with van der Waals surface area (Å²) in [7, 11) is 0. The molecule has 5 heteroatoms. The van der Waals surface area contributed by atoms with Gasteiger partial charge in [0.15, 0.2) is 11.5 Å². The van der Waals surface area contributed by atoms with E-state index < -0.39 is 0 Å². The molecule has 0 aliphatic carbocycles. The van der Waals surface area contributed by atoms with Gasteiger partial charge in [0.1, 0.15) is 12.7 Å². The van der Waals surface area contributed by atoms with Crippen molar-refractivity contribution in [3.05, 3.63) is 30.0 Å². The lowest BCUT2D eigenvalue weighted by molar-refractivity contribution is 0.0922. The Morgan fingerprint density at radius 1 is 1.33 bits per heavy atom. The third-order valence-corrected chi connectivity index (χ3v) is 3.52. The van der Waals surface area contributed by atoms with E-state index in [1.165, 1.54) is 0 Å². The van der Waals surface area contributed by atoms with Gasteiger partial charge < -0.3 is 19.9 Å². The second-order valence-corrected chi connectivity index (χ2v) is 5.24. The Balaban J connectivity index is 1.77. The summed E-state index contributed by atoms with van der Waals surface area (Å²) in [5.74, 6) is 1.56. The Morgan fingerprint density at radius 2 is 2.24 bits per heavy atom. The molecule has 1 aliphatic heterocycles. The zero-order valence-electron chi connectivity index (χ0n) is 12.1. The molecule has 1 atom stereocenters. The first kappa shape index (κ1) is 14.1. The molecular formula is C16H20N2O3. The number of aliphatic hydroxyl groups is 1. The highest BCUT2D eigenvalue weighted by molar-refractivity contribution is 5.88. The van der Waals surface area contributed by atoms with Gasteiger partial charge in [0.05, 0.1) is 5.52 Å². The lowest BCUT2D eigenvalue weighted by Crippen LogP contribution is -2.39. The first-order chi connectivity index (χ1) is 10.3. The minimum atomic E-state index is -0.0249. The molecule has 3 rings (SSSR count). The van der Waals surface area contributed by atoms with E-state index in [-0.39, 0.29) is 12.7 Å². The molecule has 0 bridgehead atoms. The molecule has 0 radical (unpaired) electrons. The number of benzene rings is 1. The van der Waals surface area contributed by atoms with Crippen LogP contribution < -0.4 is 14.8 Å². The number of aryl methyl sites for hydroxylation is 1. The van der Waals surface area contributed by atoms with Crippen LogP contribution in [0.3, 0.4) is 0 Å². The van der Waals surface area contributed by atoms with Gasteiger partial charge in [-0.15, -0.1) is 0 Å². The predicted molar refractivity (Wildman–Crippen MR) is 81.0 cm³/mol. The summed E-state index contributed by atoms with van der Waals surface area (Å²) in [5, 5.41) is 13.0. The van der Waals surface area contributed by atoms with Crippen LogP contribution in [0.15, 0.2) is 24.3 Å². The number of hydrogen-bond donors (Lipinski definition) is 2. The first-order valence-corrected chi connectivity index (χ1v) is 7.29. The SMILES string of the molecule is Cc1ccc2c3c(ccc2n1)OC[C@H](CNCCCO)O3. The van der Waals surface area contributed by atoms with Gasteiger partial charge in [0.25, 0.3) is 0 Å². The topological polar surface area (TPSA) is 63.6 Å². The van der Waals surface area contributed by atoms with Gasteiger partial charge in [-0.05, 0) is 44.2 Å². The molecule has 0 unspecified atom stereocenters. The van der Waals surface area contributed by atoms with Gasteiger partial charge in [-0.3, -0.25) is 4.98 Å². The fourth-order valence-corrected chi connectivity index (χ4v) is 2.45. The third-order valence-electron chi connectivity index (χ3n) is 3.52. The summed E-state index contributed by atoms with van der Waals surface area (Å²) in [4.78, 5) is 4.52. The van der Waals surface area contributed by atoms with E-state index in [9.17, 15) is 0 Å². The average Bonchev–Trinajstić information content (AvgIpc) is 2.51. The van der Waals surface area contributed by atoms with E-state index in [2.05, 4.69) is 10.3 Å². The minimum Gasteiger partial charge on any atom is -0.486 e. The van der Waals surface area contributed by atoms with Crippen LogP contribution >= 0.6 is 0 Å². The van der Waals surface area contributed by atoms with Crippen LogP contribution in [0.1, 0.15) is 12.1 Å². The van der Waals surface area contributed by atoms with Crippen molar-refractivity contribution in [1.82, 2.24) is 10.3 Å². The Morgan fingerprint density at radius 3 is 3.10 bits per heavy atom. The number of nitrogens with zero attached hydrogens (tertiary/aromatic N) is 1. The summed E-state index contributed by atoms with van der Waals surface area (Å²) in [6.07, 6.45) is 0.721. The number of nitrogens with one attached hydrogen (secondary N) is 1. The molecule has 0 saturated carbocycles. The highest BCUT2D eigenvalue weighted by Gasteiger charge is 2.22. The zero-order valence-corrected chi connectivity index (χ0v) is 12.1. The molecule has 2 aromatic rings. The van der Waals surface area contributed by atoms with Crippen molar-refractivity contribution >= 4 is 10.9 Å². The highest BCUT2D eigenvalue weighted by atomic mass is 16.6. The van der Waals surface area contributed by atoms with Crippen LogP contribution in [0.5, 0.6) is 11.5 Å². The number of fused-ring (bicyclic) bond motifs is 3. The van der Waals surface area contributed by atoms with Crippen LogP contribution in [0.25, 0.3) is 10.9 Å². The van der Waals surface area contributed by atoms with Crippen LogP contribution in [-0.4, -0.2) is 42.5 Å². The average molecular weight is 288 g/mol. The Kier molecular flexibility index (Phi) is 4.22. The van der Waals surface area contributed by atoms with Crippen molar-refractivity contribution in [3.8, 4) is 11.5 Å². The standard InChI is InChI=1S/C16H20N2O3/c1-11-3-4-13-14(18-11)5-6-15-16(13)21-12(10-20-15)9-17-7-2-8-19/h3-6,12,17,19H,2,7-10H2,1H3/t12-/m0/s1. The number of rotatable bonds is 5. The number of ether oxygens (including phenoxy) is 2. The van der Waals surface area contributed by atoms with Crippen molar-refractivity contribution in [2.24, 2.45) is 0 Å². The lowest BCUT2D eigenvalue weighted by atomic mass is 10.1. The Hall–Kier alpha value is -1.85. The van der Waals surface area contributed by atoms with E-state index in [0.717, 1.165) is 41.1 Å². The van der Waals surface area contributed by atoms with Crippen molar-refractivity contribution in [1.29, 1.82) is 0 Å². The maximum absolute atomic E-state index is 8.77. The fourth-order valence-electron chi connectivity index (χ4n) is 2.45. The second-order valence-electron chi connectivity index (χ2n) is 5.24. The van der Waals surface area contributed by atoms with E-state index in [4.69, 9.17) is 14.6 Å². The van der Waals surface area contributed by atoms with Gasteiger partial charge in [-0.2, -0.15) is 0 Å². The number of pyridine rings is 1. The monoisotopic (exact) mass is 288 g/mol. The summed E-state index contributed by atoms with van der Waals surface area (Å²) in [6.45, 7) is 4.19. The summed E-state index contributed by atoms with van der Waals surface area (Å²) >= 11 is 0. The van der Waals surface area contributed by atoms with E-state index in [1.807, 2.05) is 31.2 Å². The van der Waals surface area contributed by atoms with Gasteiger partial charge >= 0.3 is 0 Å². The molecule has 1 aromatic heterocycles. The van der Waals surface area contributed by atoms with Gasteiger partial charge in [0, 0.05) is 24.2 Å². The summed E-state index contributed by atoms with van der Waals surface area (Å²) in [6, 6.07) is 7.89. The number of aromatic nitrogens is 1. The summed E-state index contributed by atoms with van der Waals surface area (Å²) in [5.41, 5.74) is 1.91. The summed E-state index contributed by atoms with van der Waals surface area (Å²) < 4.78 is 11.9. The molecule has 0 fully saturated rings. The smallest absolute Gasteiger partial charge is 0.171 e. The predicted octanol–water partition coefficient (Wildman–Crippen LogP) is 1.66. The van der Waals surface area contributed by atoms with Gasteiger partial charge in [0.2, 0.25) is 0 Å². The fraction of sp³-hybridized carbons (Fsp3) is 0.438. The van der Waals surface area contributed by atoms with Crippen LogP contribution in [0, 0.1) is 6.92 Å². The van der Waals surface area contributed by atoms with E-state index in [1.54, 1.807) is 0 Å². The minimum absolute atomic E-state index is 0.0249. The molecule has 1 aliphatic rings. The van der Waals surface area contributed by atoms with E-state index in [0.29, 0.717) is 13.2 Å². The maximum Gasteiger partial charge on any atom is 0.171 e. The molecule has 2 N–H and O–H groups in total. The second kappa shape index (κ2) is 6.28. The van der Waals surface area contributed by atoms with Crippen LogP contribution in [0.4, 0.5) is 0 Å². The Bertz CT molecular complexity index is 630. The van der Waals surface area contributed by atoms with Crippen LogP contribution in [-0.2, 0) is 0 Å². The molecule has 2 heterocycles. The quantitative estimate of drug-likeness (QED) is 0.819. The van der Waals surface area contributed by atoms with Crippen molar-refractivity contribution in [2.75, 3.05) is 26.3 Å².